The molecule has 178 valence electrons. The third-order valence-electron chi connectivity index (χ3n) is 5.15. The molecule has 0 amide bonds. The number of nitro benzene ring substituents is 1. The van der Waals surface area contributed by atoms with Crippen LogP contribution in [-0.4, -0.2) is 30.5 Å². The SMILES string of the molecule is CC(C)C(NS(=O)(=O)c1ccc(-c2ccc(OCc3ccccc3[N+](=O)[O-])cc2)cc1)C(=O)O. The van der Waals surface area contributed by atoms with Crippen molar-refractivity contribution in [1.82, 2.24) is 4.72 Å². The van der Waals surface area contributed by atoms with E-state index in [0.717, 1.165) is 11.1 Å². The van der Waals surface area contributed by atoms with E-state index in [2.05, 4.69) is 4.72 Å². The zero-order chi connectivity index (χ0) is 24.9. The van der Waals surface area contributed by atoms with Gasteiger partial charge in [0.05, 0.1) is 15.4 Å². The van der Waals surface area contributed by atoms with Crippen molar-refractivity contribution >= 4 is 21.7 Å². The normalized spacial score (nSPS) is 12.3. The largest absolute Gasteiger partial charge is 0.489 e. The van der Waals surface area contributed by atoms with Gasteiger partial charge in [0.15, 0.2) is 0 Å². The van der Waals surface area contributed by atoms with E-state index in [1.165, 1.54) is 18.2 Å². The van der Waals surface area contributed by atoms with Gasteiger partial charge in [-0.15, -0.1) is 0 Å². The number of hydrogen-bond acceptors (Lipinski definition) is 6. The van der Waals surface area contributed by atoms with Crippen LogP contribution < -0.4 is 9.46 Å². The number of benzene rings is 3. The van der Waals surface area contributed by atoms with Crippen molar-refractivity contribution in [2.45, 2.75) is 31.4 Å². The summed E-state index contributed by atoms with van der Waals surface area (Å²) < 4.78 is 33.0. The monoisotopic (exact) mass is 484 g/mol. The van der Waals surface area contributed by atoms with Crippen LogP contribution in [0.4, 0.5) is 5.69 Å². The van der Waals surface area contributed by atoms with E-state index in [0.29, 0.717) is 11.3 Å². The lowest BCUT2D eigenvalue weighted by Gasteiger charge is -2.18. The molecule has 0 radical (unpaired) electrons. The fraction of sp³-hybridized carbons (Fsp3) is 0.208. The molecule has 34 heavy (non-hydrogen) atoms. The minimum absolute atomic E-state index is 0.00767. The summed E-state index contributed by atoms with van der Waals surface area (Å²) in [6.45, 7) is 3.29. The maximum absolute atomic E-state index is 12.6. The molecule has 3 aromatic rings. The van der Waals surface area contributed by atoms with Crippen molar-refractivity contribution in [3.05, 3.63) is 88.5 Å². The molecule has 0 aliphatic heterocycles. The Kier molecular flexibility index (Phi) is 7.64. The maximum Gasteiger partial charge on any atom is 0.322 e. The van der Waals surface area contributed by atoms with Gasteiger partial charge in [-0.05, 0) is 47.4 Å². The van der Waals surface area contributed by atoms with Gasteiger partial charge >= 0.3 is 5.97 Å². The molecule has 0 spiro atoms. The minimum atomic E-state index is -4.00. The summed E-state index contributed by atoms with van der Waals surface area (Å²) >= 11 is 0. The summed E-state index contributed by atoms with van der Waals surface area (Å²) in [5.74, 6) is -1.13. The summed E-state index contributed by atoms with van der Waals surface area (Å²) in [7, 11) is -4.00. The molecular weight excluding hydrogens is 460 g/mol. The zero-order valence-corrected chi connectivity index (χ0v) is 19.4. The van der Waals surface area contributed by atoms with E-state index in [9.17, 15) is 28.4 Å². The van der Waals surface area contributed by atoms with E-state index in [-0.39, 0.29) is 17.2 Å². The molecule has 3 aromatic carbocycles. The number of sulfonamides is 1. The van der Waals surface area contributed by atoms with Crippen molar-refractivity contribution in [3.63, 3.8) is 0 Å². The summed E-state index contributed by atoms with van der Waals surface area (Å²) in [6, 6.07) is 18.2. The smallest absolute Gasteiger partial charge is 0.322 e. The Morgan fingerprint density at radius 2 is 1.56 bits per heavy atom. The highest BCUT2D eigenvalue weighted by atomic mass is 32.2. The van der Waals surface area contributed by atoms with Gasteiger partial charge in [-0.1, -0.05) is 50.2 Å². The van der Waals surface area contributed by atoms with Crippen molar-refractivity contribution in [1.29, 1.82) is 0 Å². The lowest BCUT2D eigenvalue weighted by atomic mass is 10.1. The van der Waals surface area contributed by atoms with Crippen LogP contribution in [0.1, 0.15) is 19.4 Å². The molecule has 0 saturated carbocycles. The van der Waals surface area contributed by atoms with Crippen LogP contribution in [0.5, 0.6) is 5.75 Å². The molecule has 0 heterocycles. The molecule has 0 aliphatic rings. The highest BCUT2D eigenvalue weighted by Gasteiger charge is 2.28. The Morgan fingerprint density at radius 3 is 2.09 bits per heavy atom. The van der Waals surface area contributed by atoms with E-state index in [1.54, 1.807) is 68.4 Å². The molecule has 1 atom stereocenters. The summed E-state index contributed by atoms with van der Waals surface area (Å²) in [5.41, 5.74) is 2.01. The number of rotatable bonds is 10. The molecule has 0 bridgehead atoms. The number of carboxylic acids is 1. The van der Waals surface area contributed by atoms with E-state index in [1.807, 2.05) is 0 Å². The second-order valence-electron chi connectivity index (χ2n) is 7.90. The van der Waals surface area contributed by atoms with Crippen LogP contribution in [0.2, 0.25) is 0 Å². The molecule has 0 fully saturated rings. The highest BCUT2D eigenvalue weighted by Crippen LogP contribution is 2.25. The zero-order valence-electron chi connectivity index (χ0n) is 18.5. The van der Waals surface area contributed by atoms with Crippen LogP contribution >= 0.6 is 0 Å². The Bertz CT molecular complexity index is 1270. The van der Waals surface area contributed by atoms with Gasteiger partial charge in [0.1, 0.15) is 18.4 Å². The lowest BCUT2D eigenvalue weighted by molar-refractivity contribution is -0.385. The molecule has 0 saturated heterocycles. The standard InChI is InChI=1S/C24H24N2O7S/c1-16(2)23(24(27)28)25-34(31,32)21-13-9-18(10-14-21)17-7-11-20(12-8-17)33-15-19-5-3-4-6-22(19)26(29)30/h3-14,16,23,25H,15H2,1-2H3,(H,27,28). The van der Waals surface area contributed by atoms with Gasteiger partial charge in [-0.25, -0.2) is 8.42 Å². The number of carbonyl (C=O) groups is 1. The Labute approximate surface area is 197 Å². The number of hydrogen-bond donors (Lipinski definition) is 2. The number of carboxylic acid groups (broad SMARTS) is 1. The molecule has 9 nitrogen and oxygen atoms in total. The van der Waals surface area contributed by atoms with Gasteiger partial charge < -0.3 is 9.84 Å². The highest BCUT2D eigenvalue weighted by molar-refractivity contribution is 7.89. The molecule has 0 aliphatic carbocycles. The van der Waals surface area contributed by atoms with Crippen LogP contribution in [0.15, 0.2) is 77.7 Å². The van der Waals surface area contributed by atoms with Gasteiger partial charge in [0.2, 0.25) is 10.0 Å². The first-order chi connectivity index (χ1) is 16.1. The number of nitrogens with zero attached hydrogens (tertiary/aromatic N) is 1. The van der Waals surface area contributed by atoms with Gasteiger partial charge in [0.25, 0.3) is 5.69 Å². The second-order valence-corrected chi connectivity index (χ2v) is 9.62. The quantitative estimate of drug-likeness (QED) is 0.325. The third kappa shape index (κ3) is 5.97. The van der Waals surface area contributed by atoms with Crippen molar-refractivity contribution < 1.29 is 28.0 Å². The van der Waals surface area contributed by atoms with Crippen LogP contribution in [0.3, 0.4) is 0 Å². The van der Waals surface area contributed by atoms with E-state index >= 15 is 0 Å². The Balaban J connectivity index is 1.70. The van der Waals surface area contributed by atoms with Crippen LogP contribution in [0, 0.1) is 16.0 Å². The van der Waals surface area contributed by atoms with Gasteiger partial charge in [-0.2, -0.15) is 4.72 Å². The summed E-state index contributed by atoms with van der Waals surface area (Å²) in [4.78, 5) is 22.0. The molecule has 10 heteroatoms. The molecular formula is C24H24N2O7S. The molecule has 1 unspecified atom stereocenters. The van der Waals surface area contributed by atoms with Crippen LogP contribution in [0.25, 0.3) is 11.1 Å². The fourth-order valence-corrected chi connectivity index (χ4v) is 4.59. The molecule has 0 aromatic heterocycles. The average molecular weight is 485 g/mol. The minimum Gasteiger partial charge on any atom is -0.489 e. The first-order valence-corrected chi connectivity index (χ1v) is 11.9. The number of nitro groups is 1. The third-order valence-corrected chi connectivity index (χ3v) is 6.61. The predicted octanol–water partition coefficient (Wildman–Crippen LogP) is 4.23. The Morgan fingerprint density at radius 1 is 1.00 bits per heavy atom. The molecule has 3 rings (SSSR count). The van der Waals surface area contributed by atoms with E-state index in [4.69, 9.17) is 4.74 Å². The lowest BCUT2D eigenvalue weighted by Crippen LogP contribution is -2.44. The fourth-order valence-electron chi connectivity index (χ4n) is 3.25. The first kappa shape index (κ1) is 24.9. The topological polar surface area (TPSA) is 136 Å². The number of nitrogens with one attached hydrogen (secondary N) is 1. The number of para-hydroxylation sites is 1. The van der Waals surface area contributed by atoms with Crippen molar-refractivity contribution in [3.8, 4) is 16.9 Å². The Hall–Kier alpha value is -3.76. The van der Waals surface area contributed by atoms with Gasteiger partial charge in [-0.3, -0.25) is 14.9 Å². The second kappa shape index (κ2) is 10.4. The average Bonchev–Trinajstić information content (AvgIpc) is 2.81. The summed E-state index contributed by atoms with van der Waals surface area (Å²) in [6.07, 6.45) is 0. The van der Waals surface area contributed by atoms with Crippen LogP contribution in [-0.2, 0) is 21.4 Å². The van der Waals surface area contributed by atoms with Crippen molar-refractivity contribution in [2.75, 3.05) is 0 Å². The first-order valence-electron chi connectivity index (χ1n) is 10.4. The number of ether oxygens (including phenoxy) is 1. The van der Waals surface area contributed by atoms with Gasteiger partial charge in [0, 0.05) is 6.07 Å². The molecule has 2 N–H and O–H groups in total. The predicted molar refractivity (Wildman–Crippen MR) is 126 cm³/mol. The van der Waals surface area contributed by atoms with E-state index < -0.39 is 32.9 Å². The van der Waals surface area contributed by atoms with Crippen molar-refractivity contribution in [2.24, 2.45) is 5.92 Å². The summed E-state index contributed by atoms with van der Waals surface area (Å²) in [5, 5.41) is 20.4. The maximum atomic E-state index is 12.6. The number of aliphatic carboxylic acids is 1.